The van der Waals surface area contributed by atoms with Gasteiger partial charge in [0.15, 0.2) is 6.10 Å². The average Bonchev–Trinajstić information content (AvgIpc) is 3.00. The van der Waals surface area contributed by atoms with E-state index in [1.54, 1.807) is 6.92 Å². The van der Waals surface area contributed by atoms with E-state index in [2.05, 4.69) is 5.32 Å². The molecule has 0 radical (unpaired) electrons. The second kappa shape index (κ2) is 8.47. The minimum atomic E-state index is -0.461. The maximum absolute atomic E-state index is 12.1. The number of thioether (sulfide) groups is 1. The van der Waals surface area contributed by atoms with Gasteiger partial charge in [0.1, 0.15) is 5.75 Å². The molecule has 2 rings (SSSR count). The maximum Gasteiger partial charge on any atom is 0.260 e. The molecular weight excluding hydrogens is 294 g/mol. The first kappa shape index (κ1) is 17.2. The molecule has 0 saturated heterocycles. The molecule has 1 aliphatic carbocycles. The van der Waals surface area contributed by atoms with Crippen molar-refractivity contribution in [3.8, 4) is 5.75 Å². The summed E-state index contributed by atoms with van der Waals surface area (Å²) in [6.07, 6.45) is 4.95. The van der Waals surface area contributed by atoms with Gasteiger partial charge in [0, 0.05) is 17.5 Å². The third-order valence-electron chi connectivity index (χ3n) is 4.07. The second-order valence-electron chi connectivity index (χ2n) is 6.10. The molecular formula is C18H27NO2S. The lowest BCUT2D eigenvalue weighted by molar-refractivity contribution is -0.127. The van der Waals surface area contributed by atoms with Crippen LogP contribution >= 0.6 is 11.8 Å². The van der Waals surface area contributed by atoms with E-state index >= 15 is 0 Å². The number of hydrogen-bond acceptors (Lipinski definition) is 3. The highest BCUT2D eigenvalue weighted by Gasteiger charge is 2.17. The summed E-state index contributed by atoms with van der Waals surface area (Å²) >= 11 is 1.99. The zero-order chi connectivity index (χ0) is 15.9. The Bertz CT molecular complexity index is 498. The topological polar surface area (TPSA) is 38.3 Å². The SMILES string of the molecule is Cc1ccc(C)c(OC(C)C(=O)NCCSC2CCCC2)c1. The number of carbonyl (C=O) groups excluding carboxylic acids is 1. The fourth-order valence-corrected chi connectivity index (χ4v) is 3.90. The Morgan fingerprint density at radius 3 is 2.82 bits per heavy atom. The van der Waals surface area contributed by atoms with Gasteiger partial charge in [-0.05, 0) is 50.8 Å². The minimum Gasteiger partial charge on any atom is -0.481 e. The molecule has 1 unspecified atom stereocenters. The molecule has 22 heavy (non-hydrogen) atoms. The van der Waals surface area contributed by atoms with Crippen LogP contribution in [0.4, 0.5) is 0 Å². The Balaban J connectivity index is 1.71. The summed E-state index contributed by atoms with van der Waals surface area (Å²) in [5.41, 5.74) is 2.20. The number of amides is 1. The van der Waals surface area contributed by atoms with Gasteiger partial charge in [-0.1, -0.05) is 25.0 Å². The Morgan fingerprint density at radius 2 is 2.09 bits per heavy atom. The van der Waals surface area contributed by atoms with Crippen LogP contribution in [0, 0.1) is 13.8 Å². The zero-order valence-electron chi connectivity index (χ0n) is 13.9. The van der Waals surface area contributed by atoms with E-state index in [1.165, 1.54) is 25.7 Å². The largest absolute Gasteiger partial charge is 0.481 e. The first-order chi connectivity index (χ1) is 10.6. The molecule has 1 atom stereocenters. The van der Waals surface area contributed by atoms with Crippen molar-refractivity contribution in [1.29, 1.82) is 0 Å². The van der Waals surface area contributed by atoms with Gasteiger partial charge >= 0.3 is 0 Å². The molecule has 1 aromatic rings. The van der Waals surface area contributed by atoms with Crippen LogP contribution < -0.4 is 10.1 Å². The van der Waals surface area contributed by atoms with Crippen molar-refractivity contribution >= 4 is 17.7 Å². The first-order valence-corrected chi connectivity index (χ1v) is 9.24. The highest BCUT2D eigenvalue weighted by atomic mass is 32.2. The van der Waals surface area contributed by atoms with Crippen molar-refractivity contribution in [3.05, 3.63) is 29.3 Å². The summed E-state index contributed by atoms with van der Waals surface area (Å²) in [7, 11) is 0. The highest BCUT2D eigenvalue weighted by molar-refractivity contribution is 7.99. The molecule has 0 heterocycles. The molecule has 122 valence electrons. The minimum absolute atomic E-state index is 0.0343. The van der Waals surface area contributed by atoms with Crippen LogP contribution in [0.25, 0.3) is 0 Å². The Kier molecular flexibility index (Phi) is 6.62. The molecule has 1 fully saturated rings. The van der Waals surface area contributed by atoms with Gasteiger partial charge in [0.05, 0.1) is 0 Å². The lowest BCUT2D eigenvalue weighted by Gasteiger charge is -2.17. The van der Waals surface area contributed by atoms with E-state index in [9.17, 15) is 4.79 Å². The predicted octanol–water partition coefficient (Wildman–Crippen LogP) is 3.86. The summed E-state index contributed by atoms with van der Waals surface area (Å²) in [5.74, 6) is 1.75. The van der Waals surface area contributed by atoms with Crippen LogP contribution in [0.2, 0.25) is 0 Å². The van der Waals surface area contributed by atoms with Crippen LogP contribution in [0.5, 0.6) is 5.75 Å². The van der Waals surface area contributed by atoms with E-state index in [0.717, 1.165) is 34.4 Å². The molecule has 3 nitrogen and oxygen atoms in total. The quantitative estimate of drug-likeness (QED) is 0.775. The van der Waals surface area contributed by atoms with Crippen LogP contribution in [0.1, 0.15) is 43.7 Å². The third-order valence-corrected chi connectivity index (χ3v) is 5.46. The summed E-state index contributed by atoms with van der Waals surface area (Å²) in [6.45, 7) is 6.55. The van der Waals surface area contributed by atoms with Crippen molar-refractivity contribution in [2.45, 2.75) is 57.8 Å². The number of nitrogens with one attached hydrogen (secondary N) is 1. The normalized spacial score (nSPS) is 16.5. The van der Waals surface area contributed by atoms with Gasteiger partial charge < -0.3 is 10.1 Å². The standard InChI is InChI=1S/C18H27NO2S/c1-13-8-9-14(2)17(12-13)21-15(3)18(20)19-10-11-22-16-6-4-5-7-16/h8-9,12,15-16H,4-7,10-11H2,1-3H3,(H,19,20). The van der Waals surface area contributed by atoms with Crippen molar-refractivity contribution in [3.63, 3.8) is 0 Å². The molecule has 1 aliphatic rings. The van der Waals surface area contributed by atoms with Crippen molar-refractivity contribution in [1.82, 2.24) is 5.32 Å². The molecule has 4 heteroatoms. The van der Waals surface area contributed by atoms with Crippen molar-refractivity contribution in [2.75, 3.05) is 12.3 Å². The fourth-order valence-electron chi connectivity index (χ4n) is 2.68. The average molecular weight is 321 g/mol. The highest BCUT2D eigenvalue weighted by Crippen LogP contribution is 2.28. The summed E-state index contributed by atoms with van der Waals surface area (Å²) in [5, 5.41) is 3.78. The summed E-state index contributed by atoms with van der Waals surface area (Å²) < 4.78 is 5.80. The molecule has 1 N–H and O–H groups in total. The van der Waals surface area contributed by atoms with Crippen molar-refractivity contribution < 1.29 is 9.53 Å². The van der Waals surface area contributed by atoms with E-state index in [1.807, 2.05) is 43.8 Å². The molecule has 1 aromatic carbocycles. The van der Waals surface area contributed by atoms with Crippen LogP contribution in [-0.2, 0) is 4.79 Å². The van der Waals surface area contributed by atoms with Crippen molar-refractivity contribution in [2.24, 2.45) is 0 Å². The Morgan fingerprint density at radius 1 is 1.36 bits per heavy atom. The maximum atomic E-state index is 12.1. The predicted molar refractivity (Wildman–Crippen MR) is 93.7 cm³/mol. The van der Waals surface area contributed by atoms with Gasteiger partial charge in [-0.25, -0.2) is 0 Å². The first-order valence-electron chi connectivity index (χ1n) is 8.19. The fraction of sp³-hybridized carbons (Fsp3) is 0.611. The second-order valence-corrected chi connectivity index (χ2v) is 7.51. The smallest absolute Gasteiger partial charge is 0.260 e. The van der Waals surface area contributed by atoms with Gasteiger partial charge in [-0.2, -0.15) is 11.8 Å². The van der Waals surface area contributed by atoms with E-state index < -0.39 is 6.10 Å². The molecule has 0 aromatic heterocycles. The number of rotatable bonds is 7. The molecule has 1 amide bonds. The lowest BCUT2D eigenvalue weighted by atomic mass is 10.1. The van der Waals surface area contributed by atoms with E-state index in [-0.39, 0.29) is 5.91 Å². The number of hydrogen-bond donors (Lipinski definition) is 1. The number of ether oxygens (including phenoxy) is 1. The third kappa shape index (κ3) is 5.24. The van der Waals surface area contributed by atoms with E-state index in [0.29, 0.717) is 0 Å². The van der Waals surface area contributed by atoms with E-state index in [4.69, 9.17) is 4.74 Å². The summed E-state index contributed by atoms with van der Waals surface area (Å²) in [6, 6.07) is 6.05. The molecule has 0 spiro atoms. The van der Waals surface area contributed by atoms with Crippen LogP contribution in [0.3, 0.4) is 0 Å². The lowest BCUT2D eigenvalue weighted by Crippen LogP contribution is -2.37. The molecule has 0 bridgehead atoms. The summed E-state index contributed by atoms with van der Waals surface area (Å²) in [4.78, 5) is 12.1. The van der Waals surface area contributed by atoms with Crippen LogP contribution in [0.15, 0.2) is 18.2 Å². The van der Waals surface area contributed by atoms with Gasteiger partial charge in [-0.3, -0.25) is 4.79 Å². The van der Waals surface area contributed by atoms with Gasteiger partial charge in [0.25, 0.3) is 5.91 Å². The monoisotopic (exact) mass is 321 g/mol. The molecule has 0 aliphatic heterocycles. The number of aryl methyl sites for hydroxylation is 2. The molecule has 1 saturated carbocycles. The number of carbonyl (C=O) groups is 1. The Hall–Kier alpha value is -1.16. The number of benzene rings is 1. The van der Waals surface area contributed by atoms with Crippen LogP contribution in [-0.4, -0.2) is 29.6 Å². The zero-order valence-corrected chi connectivity index (χ0v) is 14.7. The Labute approximate surface area is 138 Å². The van der Waals surface area contributed by atoms with Gasteiger partial charge in [-0.15, -0.1) is 0 Å². The van der Waals surface area contributed by atoms with Gasteiger partial charge in [0.2, 0.25) is 0 Å².